The molecule has 0 spiro atoms. The summed E-state index contributed by atoms with van der Waals surface area (Å²) < 4.78 is 76.2. The second kappa shape index (κ2) is 9.65. The number of hydrogen-bond donors (Lipinski definition) is 0. The highest BCUT2D eigenvalue weighted by Crippen LogP contribution is 2.24. The molecular formula is C21H23F3N2O6S. The molecule has 0 atom stereocenters. The van der Waals surface area contributed by atoms with Crippen LogP contribution in [-0.4, -0.2) is 68.1 Å². The summed E-state index contributed by atoms with van der Waals surface area (Å²) in [5.41, 5.74) is 0.317. The van der Waals surface area contributed by atoms with Crippen LogP contribution >= 0.6 is 0 Å². The van der Waals surface area contributed by atoms with Crippen molar-refractivity contribution < 1.29 is 40.7 Å². The van der Waals surface area contributed by atoms with Gasteiger partial charge >= 0.3 is 12.1 Å². The van der Waals surface area contributed by atoms with Gasteiger partial charge in [-0.15, -0.1) is 0 Å². The summed E-state index contributed by atoms with van der Waals surface area (Å²) in [6.45, 7) is 1.82. The number of ketones is 1. The molecule has 8 nitrogen and oxygen atoms in total. The van der Waals surface area contributed by atoms with Gasteiger partial charge in [-0.1, -0.05) is 6.07 Å². The fraction of sp³-hybridized carbons (Fsp3) is 0.429. The number of benzene rings is 1. The minimum absolute atomic E-state index is 0.0215. The molecule has 33 heavy (non-hydrogen) atoms. The van der Waals surface area contributed by atoms with Crippen molar-refractivity contribution in [2.45, 2.75) is 31.5 Å². The Morgan fingerprint density at radius 2 is 1.79 bits per heavy atom. The number of aromatic nitrogens is 1. The van der Waals surface area contributed by atoms with Crippen LogP contribution in [-0.2, 0) is 26.0 Å². The fourth-order valence-corrected chi connectivity index (χ4v) is 4.97. The minimum Gasteiger partial charge on any atom is -0.454 e. The number of ether oxygens (including phenoxy) is 2. The molecule has 180 valence electrons. The molecule has 0 saturated carbocycles. The van der Waals surface area contributed by atoms with Crippen molar-refractivity contribution in [2.24, 2.45) is 0 Å². The SMILES string of the molecule is Cc1cc(C(=O)COC(=O)c2cccc(S(=O)(=O)N3CCOCC3)c2)c(C)n1CC(F)(F)F. The Labute approximate surface area is 188 Å². The highest BCUT2D eigenvalue weighted by Gasteiger charge is 2.31. The molecule has 1 aromatic heterocycles. The molecule has 0 bridgehead atoms. The van der Waals surface area contributed by atoms with Crippen molar-refractivity contribution in [2.75, 3.05) is 32.9 Å². The average molecular weight is 488 g/mol. The third kappa shape index (κ3) is 5.81. The quantitative estimate of drug-likeness (QED) is 0.440. The van der Waals surface area contributed by atoms with Gasteiger partial charge in [-0.3, -0.25) is 4.79 Å². The summed E-state index contributed by atoms with van der Waals surface area (Å²) in [7, 11) is -3.83. The Hall–Kier alpha value is -2.70. The zero-order valence-electron chi connectivity index (χ0n) is 18.0. The third-order valence-corrected chi connectivity index (χ3v) is 7.12. The van der Waals surface area contributed by atoms with Crippen LogP contribution in [0.3, 0.4) is 0 Å². The van der Waals surface area contributed by atoms with Gasteiger partial charge in [0.25, 0.3) is 0 Å². The van der Waals surface area contributed by atoms with Crippen molar-refractivity contribution in [1.29, 1.82) is 0 Å². The Bertz CT molecular complexity index is 1150. The number of Topliss-reactive ketones (excluding diaryl/α,β-unsaturated/α-hetero) is 1. The lowest BCUT2D eigenvalue weighted by molar-refractivity contribution is -0.141. The summed E-state index contributed by atoms with van der Waals surface area (Å²) in [5.74, 6) is -1.59. The second-order valence-electron chi connectivity index (χ2n) is 7.53. The van der Waals surface area contributed by atoms with Gasteiger partial charge in [-0.25, -0.2) is 13.2 Å². The number of morpholine rings is 1. The van der Waals surface area contributed by atoms with Gasteiger partial charge in [-0.2, -0.15) is 17.5 Å². The van der Waals surface area contributed by atoms with E-state index in [4.69, 9.17) is 9.47 Å². The number of nitrogens with zero attached hydrogens (tertiary/aromatic N) is 2. The normalized spacial score (nSPS) is 15.4. The van der Waals surface area contributed by atoms with Crippen LogP contribution in [0.25, 0.3) is 0 Å². The maximum atomic E-state index is 12.8. The molecule has 0 aliphatic carbocycles. The van der Waals surface area contributed by atoms with Crippen LogP contribution in [0.2, 0.25) is 0 Å². The smallest absolute Gasteiger partial charge is 0.406 e. The molecule has 0 N–H and O–H groups in total. The first kappa shape index (κ1) is 24.9. The molecule has 1 aliphatic rings. The first-order chi connectivity index (χ1) is 15.4. The van der Waals surface area contributed by atoms with Crippen LogP contribution in [0.15, 0.2) is 35.2 Å². The molecule has 2 aromatic rings. The van der Waals surface area contributed by atoms with Gasteiger partial charge in [0.2, 0.25) is 15.8 Å². The third-order valence-electron chi connectivity index (χ3n) is 5.22. The van der Waals surface area contributed by atoms with Gasteiger partial charge in [0.05, 0.1) is 23.7 Å². The van der Waals surface area contributed by atoms with E-state index in [1.54, 1.807) is 0 Å². The standard InChI is InChI=1S/C21H23F3N2O6S/c1-14-10-18(15(2)26(14)13-21(22,23)24)19(27)12-32-20(28)16-4-3-5-17(11-16)33(29,30)25-6-8-31-9-7-25/h3-5,10-11H,6-9,12-13H2,1-2H3. The molecule has 0 amide bonds. The molecule has 1 fully saturated rings. The second-order valence-corrected chi connectivity index (χ2v) is 9.47. The predicted octanol–water partition coefficient (Wildman–Crippen LogP) is 2.73. The van der Waals surface area contributed by atoms with E-state index in [2.05, 4.69) is 0 Å². The topological polar surface area (TPSA) is 94.9 Å². The van der Waals surface area contributed by atoms with Gasteiger partial charge < -0.3 is 14.0 Å². The van der Waals surface area contributed by atoms with Gasteiger partial charge in [0.15, 0.2) is 6.61 Å². The van der Waals surface area contributed by atoms with E-state index < -0.39 is 41.1 Å². The summed E-state index contributed by atoms with van der Waals surface area (Å²) in [6, 6.07) is 6.55. The average Bonchev–Trinajstić information content (AvgIpc) is 3.05. The van der Waals surface area contributed by atoms with Crippen LogP contribution in [0.1, 0.15) is 32.1 Å². The lowest BCUT2D eigenvalue weighted by Crippen LogP contribution is -2.40. The first-order valence-electron chi connectivity index (χ1n) is 10.0. The molecule has 1 saturated heterocycles. The zero-order chi connectivity index (χ0) is 24.4. The van der Waals surface area contributed by atoms with Crippen molar-refractivity contribution in [1.82, 2.24) is 8.87 Å². The number of rotatable bonds is 7. The number of carbonyl (C=O) groups excluding carboxylic acids is 2. The van der Waals surface area contributed by atoms with E-state index in [0.717, 1.165) is 10.6 Å². The van der Waals surface area contributed by atoms with Crippen molar-refractivity contribution in [3.8, 4) is 0 Å². The Morgan fingerprint density at radius 3 is 2.42 bits per heavy atom. The molecule has 2 heterocycles. The number of halogens is 3. The molecule has 0 radical (unpaired) electrons. The number of hydrogen-bond acceptors (Lipinski definition) is 6. The number of carbonyl (C=O) groups is 2. The van der Waals surface area contributed by atoms with E-state index in [1.807, 2.05) is 0 Å². The summed E-state index contributed by atoms with van der Waals surface area (Å²) in [5, 5.41) is 0. The summed E-state index contributed by atoms with van der Waals surface area (Å²) in [4.78, 5) is 24.8. The highest BCUT2D eigenvalue weighted by molar-refractivity contribution is 7.89. The van der Waals surface area contributed by atoms with Crippen LogP contribution in [0, 0.1) is 13.8 Å². The number of aryl methyl sites for hydroxylation is 1. The Kier molecular flexibility index (Phi) is 7.29. The number of alkyl halides is 3. The lowest BCUT2D eigenvalue weighted by Gasteiger charge is -2.26. The molecule has 0 unspecified atom stereocenters. The summed E-state index contributed by atoms with van der Waals surface area (Å²) in [6.07, 6.45) is -4.45. The molecule has 1 aromatic carbocycles. The molecular weight excluding hydrogens is 465 g/mol. The van der Waals surface area contributed by atoms with Crippen LogP contribution < -0.4 is 0 Å². The van der Waals surface area contributed by atoms with Crippen LogP contribution in [0.5, 0.6) is 0 Å². The monoisotopic (exact) mass is 488 g/mol. The number of sulfonamides is 1. The van der Waals surface area contributed by atoms with E-state index >= 15 is 0 Å². The van der Waals surface area contributed by atoms with Crippen molar-refractivity contribution in [3.05, 3.63) is 52.8 Å². The molecule has 3 rings (SSSR count). The predicted molar refractivity (Wildman–Crippen MR) is 111 cm³/mol. The largest absolute Gasteiger partial charge is 0.454 e. The van der Waals surface area contributed by atoms with Gasteiger partial charge in [0.1, 0.15) is 6.54 Å². The molecule has 12 heteroatoms. The zero-order valence-corrected chi connectivity index (χ0v) is 18.8. The van der Waals surface area contributed by atoms with Gasteiger partial charge in [-0.05, 0) is 38.1 Å². The van der Waals surface area contributed by atoms with Crippen molar-refractivity contribution >= 4 is 21.8 Å². The lowest BCUT2D eigenvalue weighted by atomic mass is 10.1. The van der Waals surface area contributed by atoms with E-state index in [0.29, 0.717) is 0 Å². The van der Waals surface area contributed by atoms with Gasteiger partial charge in [0, 0.05) is 30.0 Å². The minimum atomic E-state index is -4.45. The van der Waals surface area contributed by atoms with E-state index in [9.17, 15) is 31.2 Å². The van der Waals surface area contributed by atoms with Crippen LogP contribution in [0.4, 0.5) is 13.2 Å². The molecule has 1 aliphatic heterocycles. The summed E-state index contributed by atoms with van der Waals surface area (Å²) >= 11 is 0. The first-order valence-corrected chi connectivity index (χ1v) is 11.5. The fourth-order valence-electron chi connectivity index (χ4n) is 3.52. The van der Waals surface area contributed by atoms with E-state index in [1.165, 1.54) is 42.4 Å². The van der Waals surface area contributed by atoms with Crippen molar-refractivity contribution in [3.63, 3.8) is 0 Å². The Balaban J connectivity index is 1.70. The maximum absolute atomic E-state index is 12.8. The Morgan fingerprint density at radius 1 is 1.12 bits per heavy atom. The van der Waals surface area contributed by atoms with E-state index in [-0.39, 0.29) is 53.7 Å². The number of esters is 1. The highest BCUT2D eigenvalue weighted by atomic mass is 32.2. The maximum Gasteiger partial charge on any atom is 0.406 e.